The Hall–Kier alpha value is -4.58. The molecule has 3 aromatic carbocycles. The Morgan fingerprint density at radius 3 is 2.35 bits per heavy atom. The second kappa shape index (κ2) is 12.7. The number of carboxylic acids is 1. The second-order valence-corrected chi connectivity index (χ2v) is 14.3. The van der Waals surface area contributed by atoms with Crippen LogP contribution in [-0.4, -0.2) is 58.1 Å². The molecule has 1 heterocycles. The molecule has 2 N–H and O–H groups in total. The van der Waals surface area contributed by atoms with E-state index in [1.165, 1.54) is 18.1 Å². The highest BCUT2D eigenvalue weighted by atomic mass is 127. The molecule has 4 aliphatic rings. The number of rotatable bonds is 8. The van der Waals surface area contributed by atoms with Crippen LogP contribution in [0, 0.1) is 27.2 Å². The Morgan fingerprint density at radius 1 is 0.980 bits per heavy atom. The van der Waals surface area contributed by atoms with Gasteiger partial charge in [0.2, 0.25) is 11.8 Å². The molecule has 10 heteroatoms. The number of aromatic hydroxyl groups is 1. The third-order valence-corrected chi connectivity index (χ3v) is 11.7. The lowest BCUT2D eigenvalue weighted by Gasteiger charge is -2.55. The van der Waals surface area contributed by atoms with E-state index in [4.69, 9.17) is 4.74 Å². The maximum atomic E-state index is 15.1. The molecule has 2 amide bonds. The first-order valence-electron chi connectivity index (χ1n) is 16.3. The molecule has 0 aromatic heterocycles. The molecular weight excluding hydrogens is 737 g/mol. The molecule has 1 saturated heterocycles. The van der Waals surface area contributed by atoms with Crippen molar-refractivity contribution >= 4 is 57.5 Å². The van der Waals surface area contributed by atoms with Crippen LogP contribution < -0.4 is 4.74 Å². The van der Waals surface area contributed by atoms with Crippen LogP contribution in [0.1, 0.15) is 48.3 Å². The molecule has 6 unspecified atom stereocenters. The number of methoxy groups -OCH3 is 1. The number of allylic oxidation sites excluding steroid dienone is 4. The van der Waals surface area contributed by atoms with Crippen molar-refractivity contribution in [1.82, 2.24) is 4.90 Å². The van der Waals surface area contributed by atoms with Crippen LogP contribution in [0.5, 0.6) is 11.5 Å². The fourth-order valence-corrected chi connectivity index (χ4v) is 9.46. The second-order valence-electron chi connectivity index (χ2n) is 13.2. The molecule has 3 aromatic rings. The maximum absolute atomic E-state index is 15.1. The molecule has 0 spiro atoms. The van der Waals surface area contributed by atoms with Crippen LogP contribution in [-0.2, 0) is 29.4 Å². The molecule has 0 radical (unpaired) electrons. The zero-order valence-corrected chi connectivity index (χ0v) is 28.8. The van der Waals surface area contributed by atoms with Crippen molar-refractivity contribution in [3.8, 4) is 11.5 Å². The minimum atomic E-state index is -1.40. The summed E-state index contributed by atoms with van der Waals surface area (Å²) < 4.78 is 6.07. The van der Waals surface area contributed by atoms with Gasteiger partial charge in [-0.05, 0) is 82.7 Å². The predicted molar refractivity (Wildman–Crippen MR) is 188 cm³/mol. The summed E-state index contributed by atoms with van der Waals surface area (Å²) in [4.78, 5) is 70.3. The largest absolute Gasteiger partial charge is 0.504 e. The van der Waals surface area contributed by atoms with Crippen molar-refractivity contribution in [2.75, 3.05) is 13.7 Å². The molecular formula is C39H34INO8. The summed E-state index contributed by atoms with van der Waals surface area (Å²) in [6, 6.07) is 21.9. The van der Waals surface area contributed by atoms with Crippen LogP contribution in [0.3, 0.4) is 0 Å². The molecule has 49 heavy (non-hydrogen) atoms. The van der Waals surface area contributed by atoms with Gasteiger partial charge in [0.25, 0.3) is 0 Å². The fourth-order valence-electron chi connectivity index (χ4n) is 8.84. The van der Waals surface area contributed by atoms with Crippen LogP contribution in [0.4, 0.5) is 0 Å². The van der Waals surface area contributed by atoms with Crippen molar-refractivity contribution in [2.24, 2.45) is 23.7 Å². The maximum Gasteiger partial charge on any atom is 0.303 e. The number of carbonyl (C=O) groups is 5. The molecule has 0 bridgehead atoms. The summed E-state index contributed by atoms with van der Waals surface area (Å²) in [7, 11) is 1.45. The fraction of sp³-hybridized carbons (Fsp3) is 0.308. The lowest BCUT2D eigenvalue weighted by atomic mass is 9.44. The number of benzene rings is 3. The minimum Gasteiger partial charge on any atom is -0.504 e. The smallest absolute Gasteiger partial charge is 0.303 e. The quantitative estimate of drug-likeness (QED) is 0.169. The van der Waals surface area contributed by atoms with E-state index in [-0.39, 0.29) is 67.1 Å². The zero-order chi connectivity index (χ0) is 34.6. The first-order valence-corrected chi connectivity index (χ1v) is 17.4. The van der Waals surface area contributed by atoms with Crippen molar-refractivity contribution in [2.45, 2.75) is 37.0 Å². The molecule has 250 valence electrons. The summed E-state index contributed by atoms with van der Waals surface area (Å²) in [5.74, 6) is -5.58. The Labute approximate surface area is 296 Å². The number of likely N-dealkylation sites (tertiary alicyclic amines) is 1. The molecule has 2 fully saturated rings. The summed E-state index contributed by atoms with van der Waals surface area (Å²) in [5, 5.41) is 20.0. The van der Waals surface area contributed by atoms with E-state index in [0.29, 0.717) is 25.8 Å². The first-order chi connectivity index (χ1) is 23.6. The third kappa shape index (κ3) is 5.14. The molecule has 7 rings (SSSR count). The Morgan fingerprint density at radius 2 is 1.67 bits per heavy atom. The molecule has 3 aliphatic carbocycles. The first kappa shape index (κ1) is 32.9. The van der Waals surface area contributed by atoms with Gasteiger partial charge in [-0.25, -0.2) is 0 Å². The number of nitrogens with zero attached hydrogens (tertiary/aromatic N) is 1. The minimum absolute atomic E-state index is 0.00545. The number of phenolic OH excluding ortho intramolecular Hbond substituents is 1. The average molecular weight is 772 g/mol. The van der Waals surface area contributed by atoms with Gasteiger partial charge in [-0.3, -0.25) is 28.9 Å². The normalized spacial score (nSPS) is 27.6. The molecule has 9 nitrogen and oxygen atoms in total. The predicted octanol–water partition coefficient (Wildman–Crippen LogP) is 5.69. The SMILES string of the molecule is COc1cc(C2C3=CCC4C(=O)N(CCCC(=O)O)C(=O)C4C3CC3C(=O)C(c4ccccc4)=CC(=O)C32c2ccccc2)cc(I)c1O. The Balaban J connectivity index is 1.46. The summed E-state index contributed by atoms with van der Waals surface area (Å²) in [6.07, 6.45) is 3.85. The van der Waals surface area contributed by atoms with Gasteiger partial charge in [0, 0.05) is 30.4 Å². The van der Waals surface area contributed by atoms with E-state index < -0.39 is 41.0 Å². The highest BCUT2D eigenvalue weighted by molar-refractivity contribution is 14.1. The van der Waals surface area contributed by atoms with Gasteiger partial charge in [-0.1, -0.05) is 72.3 Å². The number of carbonyl (C=O) groups excluding carboxylic acids is 4. The Kier molecular flexibility index (Phi) is 8.54. The highest BCUT2D eigenvalue weighted by Gasteiger charge is 2.65. The van der Waals surface area contributed by atoms with E-state index in [1.807, 2.05) is 77.2 Å². The molecule has 6 atom stereocenters. The zero-order valence-electron chi connectivity index (χ0n) is 26.7. The summed E-state index contributed by atoms with van der Waals surface area (Å²) >= 11 is 2.02. The van der Waals surface area contributed by atoms with Crippen molar-refractivity contribution < 1.29 is 38.9 Å². The standard InChI is InChI=1S/C39H34INO8/c1-49-30-18-22(17-29(40)36(30)46)34-24-14-15-25-33(38(48)41(37(25)47)16-8-13-32(43)44)27(24)19-28-35(45)26(21-9-4-2-5-10-21)20-31(42)39(28,34)23-11-6-3-7-12-23/h2-7,9-12,14,17-18,20,25,27-28,33-34,46H,8,13,15-16,19H2,1H3,(H,43,44). The van der Waals surface area contributed by atoms with Crippen molar-refractivity contribution in [1.29, 1.82) is 0 Å². The van der Waals surface area contributed by atoms with Crippen LogP contribution in [0.25, 0.3) is 5.57 Å². The van der Waals surface area contributed by atoms with Gasteiger partial charge in [-0.2, -0.15) is 0 Å². The van der Waals surface area contributed by atoms with Gasteiger partial charge in [-0.15, -0.1) is 0 Å². The number of aliphatic carboxylic acids is 1. The number of Topliss-reactive ketones (excluding diaryl/α,β-unsaturated/α-hetero) is 1. The lowest BCUT2D eigenvalue weighted by Crippen LogP contribution is -2.58. The number of imide groups is 1. The van der Waals surface area contributed by atoms with E-state index >= 15 is 4.79 Å². The number of halogens is 1. The number of fused-ring (bicyclic) bond motifs is 4. The lowest BCUT2D eigenvalue weighted by molar-refractivity contribution is -0.142. The van der Waals surface area contributed by atoms with Crippen LogP contribution >= 0.6 is 22.6 Å². The Bertz CT molecular complexity index is 1950. The van der Waals surface area contributed by atoms with Gasteiger partial charge in [0.15, 0.2) is 23.1 Å². The van der Waals surface area contributed by atoms with Gasteiger partial charge in [0.1, 0.15) is 0 Å². The van der Waals surface area contributed by atoms with Gasteiger partial charge in [0.05, 0.1) is 27.9 Å². The van der Waals surface area contributed by atoms with Crippen molar-refractivity contribution in [3.05, 3.63) is 111 Å². The number of amides is 2. The highest BCUT2D eigenvalue weighted by Crippen LogP contribution is 2.64. The topological polar surface area (TPSA) is 138 Å². The number of hydrogen-bond acceptors (Lipinski definition) is 7. The van der Waals surface area contributed by atoms with E-state index in [1.54, 1.807) is 24.3 Å². The molecule has 1 saturated carbocycles. The van der Waals surface area contributed by atoms with Crippen molar-refractivity contribution in [3.63, 3.8) is 0 Å². The van der Waals surface area contributed by atoms with Crippen LogP contribution in [0.15, 0.2) is 90.5 Å². The number of carboxylic acid groups (broad SMARTS) is 1. The summed E-state index contributed by atoms with van der Waals surface area (Å²) in [6.45, 7) is 0.00545. The van der Waals surface area contributed by atoms with Crippen LogP contribution in [0.2, 0.25) is 0 Å². The van der Waals surface area contributed by atoms with E-state index in [9.17, 15) is 29.4 Å². The summed E-state index contributed by atoms with van der Waals surface area (Å²) in [5.41, 5.74) is 1.65. The van der Waals surface area contributed by atoms with E-state index in [2.05, 4.69) is 0 Å². The molecule has 1 aliphatic heterocycles. The number of phenols is 1. The third-order valence-electron chi connectivity index (χ3n) is 10.8. The monoisotopic (exact) mass is 771 g/mol. The van der Waals surface area contributed by atoms with E-state index in [0.717, 1.165) is 5.57 Å². The van der Waals surface area contributed by atoms with Gasteiger partial charge >= 0.3 is 5.97 Å². The average Bonchev–Trinajstić information content (AvgIpc) is 3.35. The number of ketones is 2. The number of hydrogen-bond donors (Lipinski definition) is 2. The number of ether oxygens (including phenoxy) is 1. The van der Waals surface area contributed by atoms with Gasteiger partial charge < -0.3 is 14.9 Å².